The van der Waals surface area contributed by atoms with Crippen molar-refractivity contribution in [2.75, 3.05) is 19.6 Å². The maximum absolute atomic E-state index is 12.5. The Hall–Kier alpha value is -2.56. The Morgan fingerprint density at radius 2 is 1.70 bits per heavy atom. The van der Waals surface area contributed by atoms with Crippen molar-refractivity contribution in [2.24, 2.45) is 5.92 Å². The number of likely N-dealkylation sites (tertiary alicyclic amines) is 1. The van der Waals surface area contributed by atoms with E-state index in [1.54, 1.807) is 0 Å². The van der Waals surface area contributed by atoms with Crippen LogP contribution in [0.15, 0.2) is 42.5 Å². The first-order valence-corrected chi connectivity index (χ1v) is 9.66. The summed E-state index contributed by atoms with van der Waals surface area (Å²) >= 11 is 0. The fourth-order valence-electron chi connectivity index (χ4n) is 3.41. The Labute approximate surface area is 161 Å². The van der Waals surface area contributed by atoms with Crippen molar-refractivity contribution in [1.82, 2.24) is 15.5 Å². The Kier molecular flexibility index (Phi) is 5.68. The molecule has 144 valence electrons. The van der Waals surface area contributed by atoms with E-state index in [2.05, 4.69) is 10.6 Å². The summed E-state index contributed by atoms with van der Waals surface area (Å²) in [5, 5.41) is 8.27. The molecule has 27 heavy (non-hydrogen) atoms. The second kappa shape index (κ2) is 7.99. The Morgan fingerprint density at radius 3 is 2.37 bits per heavy atom. The molecule has 5 nitrogen and oxygen atoms in total. The zero-order valence-electron chi connectivity index (χ0n) is 16.4. The van der Waals surface area contributed by atoms with Crippen LogP contribution in [0.5, 0.6) is 0 Å². The summed E-state index contributed by atoms with van der Waals surface area (Å²) in [5.74, 6) is 0.377. The van der Waals surface area contributed by atoms with Gasteiger partial charge >= 0.3 is 6.03 Å². The molecule has 3 rings (SSSR count). The molecule has 0 spiro atoms. The van der Waals surface area contributed by atoms with Gasteiger partial charge in [0.25, 0.3) is 5.91 Å². The van der Waals surface area contributed by atoms with Gasteiger partial charge in [0.15, 0.2) is 0 Å². The van der Waals surface area contributed by atoms with Crippen molar-refractivity contribution in [3.63, 3.8) is 0 Å². The summed E-state index contributed by atoms with van der Waals surface area (Å²) in [7, 11) is 0. The normalized spacial score (nSPS) is 15.6. The van der Waals surface area contributed by atoms with Crippen molar-refractivity contribution in [2.45, 2.75) is 39.2 Å². The first-order chi connectivity index (χ1) is 12.8. The molecule has 0 bridgehead atoms. The van der Waals surface area contributed by atoms with Crippen LogP contribution in [-0.4, -0.2) is 42.0 Å². The molecule has 0 atom stereocenters. The minimum atomic E-state index is -0.220. The number of rotatable bonds is 3. The molecule has 2 aromatic carbocycles. The van der Waals surface area contributed by atoms with Gasteiger partial charge in [0.05, 0.1) is 0 Å². The van der Waals surface area contributed by atoms with Crippen LogP contribution in [-0.2, 0) is 0 Å². The van der Waals surface area contributed by atoms with Crippen molar-refractivity contribution < 1.29 is 9.59 Å². The molecule has 0 unspecified atom stereocenters. The van der Waals surface area contributed by atoms with Gasteiger partial charge in [0, 0.05) is 30.7 Å². The van der Waals surface area contributed by atoms with Gasteiger partial charge in [0.1, 0.15) is 0 Å². The van der Waals surface area contributed by atoms with Crippen molar-refractivity contribution >= 4 is 22.7 Å². The fourth-order valence-corrected chi connectivity index (χ4v) is 3.41. The zero-order valence-corrected chi connectivity index (χ0v) is 16.4. The van der Waals surface area contributed by atoms with Gasteiger partial charge in [-0.25, -0.2) is 4.79 Å². The summed E-state index contributed by atoms with van der Waals surface area (Å²) in [6, 6.07) is 13.8. The minimum Gasteiger partial charge on any atom is -0.352 e. The van der Waals surface area contributed by atoms with Gasteiger partial charge in [-0.15, -0.1) is 0 Å². The van der Waals surface area contributed by atoms with E-state index in [-0.39, 0.29) is 17.5 Å². The third-order valence-corrected chi connectivity index (χ3v) is 4.95. The summed E-state index contributed by atoms with van der Waals surface area (Å²) in [5.41, 5.74) is 0.470. The number of piperidine rings is 1. The van der Waals surface area contributed by atoms with Crippen LogP contribution in [0.3, 0.4) is 0 Å². The third-order valence-electron chi connectivity index (χ3n) is 4.95. The molecule has 0 aliphatic carbocycles. The summed E-state index contributed by atoms with van der Waals surface area (Å²) in [6.07, 6.45) is 1.82. The Morgan fingerprint density at radius 1 is 1.04 bits per heavy atom. The molecule has 1 heterocycles. The van der Waals surface area contributed by atoms with E-state index in [0.29, 0.717) is 18.0 Å². The molecule has 2 aromatic rings. The monoisotopic (exact) mass is 367 g/mol. The number of hydrogen-bond acceptors (Lipinski definition) is 2. The minimum absolute atomic E-state index is 0.00106. The van der Waals surface area contributed by atoms with Crippen LogP contribution in [0.2, 0.25) is 0 Å². The van der Waals surface area contributed by atoms with Gasteiger partial charge in [-0.05, 0) is 62.4 Å². The van der Waals surface area contributed by atoms with E-state index in [0.717, 1.165) is 36.7 Å². The highest BCUT2D eigenvalue weighted by Crippen LogP contribution is 2.18. The predicted octanol–water partition coefficient (Wildman–Crippen LogP) is 3.79. The van der Waals surface area contributed by atoms with E-state index >= 15 is 0 Å². The molecule has 0 saturated carbocycles. The highest BCUT2D eigenvalue weighted by molar-refractivity contribution is 5.98. The Balaban J connectivity index is 1.48. The van der Waals surface area contributed by atoms with E-state index in [9.17, 15) is 9.59 Å². The molecule has 0 aromatic heterocycles. The number of nitrogens with zero attached hydrogens (tertiary/aromatic N) is 1. The van der Waals surface area contributed by atoms with Crippen LogP contribution in [0.4, 0.5) is 4.79 Å². The maximum Gasteiger partial charge on any atom is 0.317 e. The molecule has 0 radical (unpaired) electrons. The largest absolute Gasteiger partial charge is 0.352 e. The number of hydrogen-bond donors (Lipinski definition) is 2. The topological polar surface area (TPSA) is 61.4 Å². The number of amides is 3. The molecule has 1 fully saturated rings. The maximum atomic E-state index is 12.5. The first kappa shape index (κ1) is 19.2. The summed E-state index contributed by atoms with van der Waals surface area (Å²) in [4.78, 5) is 26.6. The van der Waals surface area contributed by atoms with Crippen molar-refractivity contribution in [3.8, 4) is 0 Å². The third kappa shape index (κ3) is 5.22. The number of nitrogens with one attached hydrogen (secondary N) is 2. The lowest BCUT2D eigenvalue weighted by molar-refractivity contribution is 0.0937. The molecule has 1 aliphatic heterocycles. The van der Waals surface area contributed by atoms with Crippen LogP contribution in [0.25, 0.3) is 10.8 Å². The number of carbonyl (C=O) groups excluding carboxylic acids is 2. The average molecular weight is 367 g/mol. The lowest BCUT2D eigenvalue weighted by atomic mass is 9.96. The standard InChI is InChI=1S/C22H29N3O2/c1-22(2,3)24-21(27)25-12-10-16(11-13-25)15-23-20(26)19-9-8-17-6-4-5-7-18(17)14-19/h4-9,14,16H,10-13,15H2,1-3H3,(H,23,26)(H,24,27). The van der Waals surface area contributed by atoms with Gasteiger partial charge in [0.2, 0.25) is 0 Å². The van der Waals surface area contributed by atoms with E-state index in [4.69, 9.17) is 0 Å². The van der Waals surface area contributed by atoms with Crippen LogP contribution in [0, 0.1) is 5.92 Å². The molecule has 1 saturated heterocycles. The highest BCUT2D eigenvalue weighted by Gasteiger charge is 2.25. The summed E-state index contributed by atoms with van der Waals surface area (Å²) < 4.78 is 0. The smallest absolute Gasteiger partial charge is 0.317 e. The lowest BCUT2D eigenvalue weighted by Gasteiger charge is -2.34. The number of benzene rings is 2. The van der Waals surface area contributed by atoms with Gasteiger partial charge < -0.3 is 15.5 Å². The highest BCUT2D eigenvalue weighted by atomic mass is 16.2. The summed E-state index contributed by atoms with van der Waals surface area (Å²) in [6.45, 7) is 8.08. The van der Waals surface area contributed by atoms with E-state index < -0.39 is 0 Å². The van der Waals surface area contributed by atoms with Gasteiger partial charge in [-0.3, -0.25) is 4.79 Å². The fraction of sp³-hybridized carbons (Fsp3) is 0.455. The van der Waals surface area contributed by atoms with Crippen LogP contribution in [0.1, 0.15) is 44.0 Å². The first-order valence-electron chi connectivity index (χ1n) is 9.66. The molecule has 3 amide bonds. The van der Waals surface area contributed by atoms with Gasteiger partial charge in [-0.2, -0.15) is 0 Å². The zero-order chi connectivity index (χ0) is 19.4. The van der Waals surface area contributed by atoms with Crippen molar-refractivity contribution in [3.05, 3.63) is 48.0 Å². The molecular formula is C22H29N3O2. The molecule has 5 heteroatoms. The molecule has 2 N–H and O–H groups in total. The van der Waals surface area contributed by atoms with E-state index in [1.165, 1.54) is 0 Å². The quantitative estimate of drug-likeness (QED) is 0.867. The lowest BCUT2D eigenvalue weighted by Crippen LogP contribution is -2.51. The second-order valence-electron chi connectivity index (χ2n) is 8.38. The van der Waals surface area contributed by atoms with Crippen LogP contribution >= 0.6 is 0 Å². The number of carbonyl (C=O) groups is 2. The SMILES string of the molecule is CC(C)(C)NC(=O)N1CCC(CNC(=O)c2ccc3ccccc3c2)CC1. The van der Waals surface area contributed by atoms with Crippen molar-refractivity contribution in [1.29, 1.82) is 0 Å². The van der Waals surface area contributed by atoms with E-state index in [1.807, 2.05) is 68.1 Å². The van der Waals surface area contributed by atoms with Crippen LogP contribution < -0.4 is 10.6 Å². The molecule has 1 aliphatic rings. The Bertz CT molecular complexity index is 818. The number of fused-ring (bicyclic) bond motifs is 1. The average Bonchev–Trinajstić information content (AvgIpc) is 2.64. The predicted molar refractivity (Wildman–Crippen MR) is 109 cm³/mol. The second-order valence-corrected chi connectivity index (χ2v) is 8.38. The number of urea groups is 1. The van der Waals surface area contributed by atoms with Gasteiger partial charge in [-0.1, -0.05) is 30.3 Å². The molecular weight excluding hydrogens is 338 g/mol.